The van der Waals surface area contributed by atoms with Crippen LogP contribution < -0.4 is 5.32 Å². The Morgan fingerprint density at radius 1 is 1.04 bits per heavy atom. The highest BCUT2D eigenvalue weighted by molar-refractivity contribution is 7.99. The molecule has 0 atom stereocenters. The zero-order valence-electron chi connectivity index (χ0n) is 16.5. The SMILES string of the molecule is CC(C)(C)c1ccc(CCNC(=O)CSc2nnc(C(C)(C)C)o2)cc1. The summed E-state index contributed by atoms with van der Waals surface area (Å²) in [7, 11) is 0. The van der Waals surface area contributed by atoms with Gasteiger partial charge in [0.05, 0.1) is 5.75 Å². The van der Waals surface area contributed by atoms with Crippen molar-refractivity contribution in [1.82, 2.24) is 15.5 Å². The molecule has 0 aliphatic rings. The smallest absolute Gasteiger partial charge is 0.277 e. The molecule has 6 heteroatoms. The minimum Gasteiger partial charge on any atom is -0.415 e. The summed E-state index contributed by atoms with van der Waals surface area (Å²) in [5, 5.41) is 11.4. The summed E-state index contributed by atoms with van der Waals surface area (Å²) in [5.41, 5.74) is 2.51. The topological polar surface area (TPSA) is 68.0 Å². The van der Waals surface area contributed by atoms with E-state index in [4.69, 9.17) is 4.42 Å². The molecule has 0 saturated carbocycles. The lowest BCUT2D eigenvalue weighted by atomic mass is 9.86. The molecule has 2 aromatic rings. The highest BCUT2D eigenvalue weighted by Gasteiger charge is 2.21. The predicted octanol–water partition coefficient (Wildman–Crippen LogP) is 4.12. The summed E-state index contributed by atoms with van der Waals surface area (Å²) in [6.07, 6.45) is 0.815. The standard InChI is InChI=1S/C20H29N3O2S/c1-19(2,3)15-9-7-14(8-10-15)11-12-21-16(24)13-26-18-23-22-17(25-18)20(4,5)6/h7-10H,11-13H2,1-6H3,(H,21,24). The van der Waals surface area contributed by atoms with Gasteiger partial charge in [-0.05, 0) is 23.0 Å². The molecule has 0 unspecified atom stereocenters. The molecular formula is C20H29N3O2S. The van der Waals surface area contributed by atoms with Gasteiger partial charge < -0.3 is 9.73 Å². The van der Waals surface area contributed by atoms with Gasteiger partial charge in [-0.25, -0.2) is 0 Å². The van der Waals surface area contributed by atoms with Gasteiger partial charge in [-0.3, -0.25) is 4.79 Å². The average molecular weight is 376 g/mol. The summed E-state index contributed by atoms with van der Waals surface area (Å²) < 4.78 is 5.57. The predicted molar refractivity (Wildman–Crippen MR) is 106 cm³/mol. The molecule has 2 rings (SSSR count). The van der Waals surface area contributed by atoms with Crippen LogP contribution >= 0.6 is 11.8 Å². The number of benzene rings is 1. The molecule has 0 radical (unpaired) electrons. The number of carbonyl (C=O) groups is 1. The molecule has 0 bridgehead atoms. The van der Waals surface area contributed by atoms with E-state index < -0.39 is 0 Å². The first-order valence-electron chi connectivity index (χ1n) is 8.88. The largest absolute Gasteiger partial charge is 0.415 e. The average Bonchev–Trinajstić information content (AvgIpc) is 3.02. The minimum absolute atomic E-state index is 0.0307. The van der Waals surface area contributed by atoms with E-state index >= 15 is 0 Å². The van der Waals surface area contributed by atoms with Crippen molar-refractivity contribution >= 4 is 17.7 Å². The van der Waals surface area contributed by atoms with Gasteiger partial charge in [0, 0.05) is 12.0 Å². The molecule has 0 aliphatic heterocycles. The molecule has 1 heterocycles. The van der Waals surface area contributed by atoms with Crippen LogP contribution in [0.5, 0.6) is 0 Å². The van der Waals surface area contributed by atoms with Crippen LogP contribution in [0, 0.1) is 0 Å². The minimum atomic E-state index is -0.184. The first kappa shape index (κ1) is 20.5. The number of hydrogen-bond donors (Lipinski definition) is 1. The van der Waals surface area contributed by atoms with Gasteiger partial charge in [0.25, 0.3) is 5.22 Å². The maximum atomic E-state index is 12.0. The second-order valence-electron chi connectivity index (χ2n) is 8.46. The number of amides is 1. The fourth-order valence-electron chi connectivity index (χ4n) is 2.27. The van der Waals surface area contributed by atoms with Crippen LogP contribution in [0.2, 0.25) is 0 Å². The molecule has 0 spiro atoms. The summed E-state index contributed by atoms with van der Waals surface area (Å²) in [6.45, 7) is 13.3. The van der Waals surface area contributed by atoms with Crippen molar-refractivity contribution in [2.24, 2.45) is 0 Å². The van der Waals surface area contributed by atoms with E-state index in [9.17, 15) is 4.79 Å². The van der Waals surface area contributed by atoms with Crippen LogP contribution in [0.4, 0.5) is 0 Å². The Morgan fingerprint density at radius 3 is 2.23 bits per heavy atom. The number of rotatable bonds is 6. The van der Waals surface area contributed by atoms with Gasteiger partial charge >= 0.3 is 0 Å². The summed E-state index contributed by atoms with van der Waals surface area (Å²) >= 11 is 1.26. The third kappa shape index (κ3) is 6.16. The normalized spacial score (nSPS) is 12.2. The van der Waals surface area contributed by atoms with Crippen molar-refractivity contribution in [2.45, 2.75) is 64.0 Å². The second kappa shape index (κ2) is 8.25. The summed E-state index contributed by atoms with van der Waals surface area (Å²) in [6, 6.07) is 8.59. The first-order valence-corrected chi connectivity index (χ1v) is 9.87. The van der Waals surface area contributed by atoms with E-state index in [0.717, 1.165) is 6.42 Å². The third-order valence-corrected chi connectivity index (χ3v) is 4.75. The molecule has 142 valence electrons. The monoisotopic (exact) mass is 375 g/mol. The number of nitrogens with one attached hydrogen (secondary N) is 1. The first-order chi connectivity index (χ1) is 12.1. The Morgan fingerprint density at radius 2 is 1.69 bits per heavy atom. The Bertz CT molecular complexity index is 725. The van der Waals surface area contributed by atoms with Crippen LogP contribution in [0.3, 0.4) is 0 Å². The van der Waals surface area contributed by atoms with Crippen LogP contribution in [-0.2, 0) is 22.0 Å². The van der Waals surface area contributed by atoms with E-state index in [1.807, 2.05) is 20.8 Å². The van der Waals surface area contributed by atoms with Crippen molar-refractivity contribution in [2.75, 3.05) is 12.3 Å². The highest BCUT2D eigenvalue weighted by atomic mass is 32.2. The zero-order chi connectivity index (χ0) is 19.4. The Kier molecular flexibility index (Phi) is 6.50. The van der Waals surface area contributed by atoms with E-state index in [0.29, 0.717) is 17.7 Å². The second-order valence-corrected chi connectivity index (χ2v) is 9.39. The van der Waals surface area contributed by atoms with Gasteiger partial charge in [-0.2, -0.15) is 0 Å². The van der Waals surface area contributed by atoms with E-state index in [-0.39, 0.29) is 22.5 Å². The molecule has 0 fully saturated rings. The molecule has 1 N–H and O–H groups in total. The lowest BCUT2D eigenvalue weighted by Gasteiger charge is -2.19. The Labute approximate surface area is 160 Å². The Hall–Kier alpha value is -1.82. The molecule has 0 saturated heterocycles. The number of hydrogen-bond acceptors (Lipinski definition) is 5. The van der Waals surface area contributed by atoms with Gasteiger partial charge in [-0.1, -0.05) is 77.6 Å². The van der Waals surface area contributed by atoms with Gasteiger partial charge in [0.2, 0.25) is 11.8 Å². The molecule has 0 aliphatic carbocycles. The van der Waals surface area contributed by atoms with Crippen molar-refractivity contribution in [3.05, 3.63) is 41.3 Å². The van der Waals surface area contributed by atoms with Gasteiger partial charge in [0.15, 0.2) is 0 Å². The van der Waals surface area contributed by atoms with Crippen LogP contribution in [0.1, 0.15) is 58.6 Å². The molecule has 26 heavy (non-hydrogen) atoms. The van der Waals surface area contributed by atoms with Crippen LogP contribution in [0.15, 0.2) is 33.9 Å². The highest BCUT2D eigenvalue weighted by Crippen LogP contribution is 2.24. The Balaban J connectivity index is 1.73. The van der Waals surface area contributed by atoms with Crippen molar-refractivity contribution in [1.29, 1.82) is 0 Å². The lowest BCUT2D eigenvalue weighted by Crippen LogP contribution is -2.27. The molecule has 1 amide bonds. The third-order valence-electron chi connectivity index (χ3n) is 3.93. The quantitative estimate of drug-likeness (QED) is 0.769. The number of aromatic nitrogens is 2. The van der Waals surface area contributed by atoms with E-state index in [2.05, 4.69) is 60.6 Å². The lowest BCUT2D eigenvalue weighted by molar-refractivity contribution is -0.118. The molecule has 5 nitrogen and oxygen atoms in total. The maximum absolute atomic E-state index is 12.0. The summed E-state index contributed by atoms with van der Waals surface area (Å²) in [4.78, 5) is 12.0. The molecule has 1 aromatic heterocycles. The maximum Gasteiger partial charge on any atom is 0.277 e. The van der Waals surface area contributed by atoms with Crippen LogP contribution in [0.25, 0.3) is 0 Å². The molecule has 1 aromatic carbocycles. The van der Waals surface area contributed by atoms with Crippen molar-refractivity contribution in [3.63, 3.8) is 0 Å². The number of carbonyl (C=O) groups excluding carboxylic acids is 1. The zero-order valence-corrected chi connectivity index (χ0v) is 17.4. The summed E-state index contributed by atoms with van der Waals surface area (Å²) in [5.74, 6) is 0.824. The van der Waals surface area contributed by atoms with Crippen molar-refractivity contribution < 1.29 is 9.21 Å². The number of thioether (sulfide) groups is 1. The van der Waals surface area contributed by atoms with Gasteiger partial charge in [0.1, 0.15) is 0 Å². The fourth-order valence-corrected chi connectivity index (χ4v) is 2.86. The van der Waals surface area contributed by atoms with Gasteiger partial charge in [-0.15, -0.1) is 10.2 Å². The van der Waals surface area contributed by atoms with E-state index in [1.54, 1.807) is 0 Å². The van der Waals surface area contributed by atoms with E-state index in [1.165, 1.54) is 22.9 Å². The molecular weight excluding hydrogens is 346 g/mol. The fraction of sp³-hybridized carbons (Fsp3) is 0.550. The van der Waals surface area contributed by atoms with Crippen molar-refractivity contribution in [3.8, 4) is 0 Å². The van der Waals surface area contributed by atoms with Crippen LogP contribution in [-0.4, -0.2) is 28.4 Å². The number of nitrogens with zero attached hydrogens (tertiary/aromatic N) is 2.